The van der Waals surface area contributed by atoms with Gasteiger partial charge in [0.1, 0.15) is 5.75 Å². The van der Waals surface area contributed by atoms with Gasteiger partial charge in [-0.3, -0.25) is 9.48 Å². The van der Waals surface area contributed by atoms with Gasteiger partial charge in [-0.25, -0.2) is 0 Å². The molecule has 116 valence electrons. The van der Waals surface area contributed by atoms with E-state index in [2.05, 4.69) is 10.4 Å². The third-order valence-corrected chi connectivity index (χ3v) is 4.10. The number of nitrogens with zero attached hydrogens (tertiary/aromatic N) is 2. The van der Waals surface area contributed by atoms with Crippen molar-refractivity contribution in [1.82, 2.24) is 15.1 Å². The summed E-state index contributed by atoms with van der Waals surface area (Å²) in [5.41, 5.74) is 1.14. The number of rotatable bonds is 4. The van der Waals surface area contributed by atoms with Crippen LogP contribution in [0.3, 0.4) is 0 Å². The Balaban J connectivity index is 1.51. The number of hydrogen-bond donors (Lipinski definition) is 1. The van der Waals surface area contributed by atoms with Crippen LogP contribution in [0.25, 0.3) is 0 Å². The highest BCUT2D eigenvalue weighted by Gasteiger charge is 2.20. The number of aromatic nitrogens is 2. The van der Waals surface area contributed by atoms with Crippen LogP contribution in [0, 0.1) is 0 Å². The minimum atomic E-state index is -0.163. The highest BCUT2D eigenvalue weighted by molar-refractivity contribution is 6.35. The summed E-state index contributed by atoms with van der Waals surface area (Å²) >= 11 is 11.8. The summed E-state index contributed by atoms with van der Waals surface area (Å²) in [5, 5.41) is 8.11. The van der Waals surface area contributed by atoms with E-state index in [1.807, 2.05) is 10.7 Å². The van der Waals surface area contributed by atoms with E-state index < -0.39 is 0 Å². The first-order valence-corrected chi connectivity index (χ1v) is 7.75. The number of carbonyl (C=O) groups is 1. The third-order valence-electron chi connectivity index (χ3n) is 3.57. The zero-order valence-corrected chi connectivity index (χ0v) is 13.3. The number of aryl methyl sites for hydroxylation is 1. The van der Waals surface area contributed by atoms with E-state index in [1.54, 1.807) is 24.4 Å². The fraction of sp³-hybridized carbons (Fsp3) is 0.333. The molecule has 5 nitrogen and oxygen atoms in total. The molecule has 0 spiro atoms. The van der Waals surface area contributed by atoms with E-state index in [9.17, 15) is 4.79 Å². The SMILES string of the molecule is O=C(COc1ccc(Cl)cc1Cl)N[C@@H]1CCn2nccc2C1. The summed E-state index contributed by atoms with van der Waals surface area (Å²) < 4.78 is 7.39. The van der Waals surface area contributed by atoms with Gasteiger partial charge in [0.25, 0.3) is 5.91 Å². The van der Waals surface area contributed by atoms with Gasteiger partial charge in [-0.15, -0.1) is 0 Å². The lowest BCUT2D eigenvalue weighted by molar-refractivity contribution is -0.123. The van der Waals surface area contributed by atoms with Crippen molar-refractivity contribution in [2.45, 2.75) is 25.4 Å². The lowest BCUT2D eigenvalue weighted by Gasteiger charge is -2.24. The molecule has 0 saturated heterocycles. The molecule has 2 heterocycles. The van der Waals surface area contributed by atoms with E-state index >= 15 is 0 Å². The highest BCUT2D eigenvalue weighted by Crippen LogP contribution is 2.27. The van der Waals surface area contributed by atoms with Gasteiger partial charge < -0.3 is 10.1 Å². The Labute approximate surface area is 138 Å². The topological polar surface area (TPSA) is 56.1 Å². The average molecular weight is 340 g/mol. The second-order valence-corrected chi connectivity index (χ2v) is 6.01. The summed E-state index contributed by atoms with van der Waals surface area (Å²) in [6.45, 7) is 0.744. The van der Waals surface area contributed by atoms with Gasteiger partial charge in [0.05, 0.1) is 5.02 Å². The lowest BCUT2D eigenvalue weighted by atomic mass is 10.0. The van der Waals surface area contributed by atoms with Crippen LogP contribution in [-0.4, -0.2) is 28.3 Å². The molecule has 3 rings (SSSR count). The quantitative estimate of drug-likeness (QED) is 0.931. The minimum Gasteiger partial charge on any atom is -0.482 e. The van der Waals surface area contributed by atoms with Crippen molar-refractivity contribution in [3.05, 3.63) is 46.2 Å². The van der Waals surface area contributed by atoms with Crippen molar-refractivity contribution in [3.8, 4) is 5.75 Å². The molecule has 1 amide bonds. The lowest BCUT2D eigenvalue weighted by Crippen LogP contribution is -2.42. The fourth-order valence-corrected chi connectivity index (χ4v) is 2.96. The van der Waals surface area contributed by atoms with Gasteiger partial charge in [-0.05, 0) is 30.7 Å². The van der Waals surface area contributed by atoms with E-state index in [0.29, 0.717) is 15.8 Å². The molecule has 1 aliphatic rings. The van der Waals surface area contributed by atoms with Crippen molar-refractivity contribution in [2.24, 2.45) is 0 Å². The maximum atomic E-state index is 12.0. The molecule has 0 bridgehead atoms. The normalized spacial score (nSPS) is 16.9. The zero-order valence-electron chi connectivity index (χ0n) is 11.8. The molecular formula is C15H15Cl2N3O2. The van der Waals surface area contributed by atoms with Gasteiger partial charge in [-0.2, -0.15) is 5.10 Å². The van der Waals surface area contributed by atoms with E-state index in [-0.39, 0.29) is 18.6 Å². The van der Waals surface area contributed by atoms with Crippen LogP contribution < -0.4 is 10.1 Å². The molecule has 1 aromatic carbocycles. The molecule has 0 saturated carbocycles. The summed E-state index contributed by atoms with van der Waals surface area (Å²) in [4.78, 5) is 12.0. The number of benzene rings is 1. The number of amides is 1. The first-order valence-electron chi connectivity index (χ1n) is 7.00. The van der Waals surface area contributed by atoms with E-state index in [0.717, 1.165) is 25.1 Å². The van der Waals surface area contributed by atoms with Gasteiger partial charge in [-0.1, -0.05) is 23.2 Å². The molecular weight excluding hydrogens is 325 g/mol. The Morgan fingerprint density at radius 1 is 1.41 bits per heavy atom. The van der Waals surface area contributed by atoms with Gasteiger partial charge in [0.2, 0.25) is 0 Å². The van der Waals surface area contributed by atoms with Gasteiger partial charge >= 0.3 is 0 Å². The smallest absolute Gasteiger partial charge is 0.258 e. The zero-order chi connectivity index (χ0) is 15.5. The summed E-state index contributed by atoms with van der Waals surface area (Å²) in [5.74, 6) is 0.284. The fourth-order valence-electron chi connectivity index (χ4n) is 2.50. The van der Waals surface area contributed by atoms with Crippen molar-refractivity contribution < 1.29 is 9.53 Å². The molecule has 1 aromatic heterocycles. The number of halogens is 2. The summed E-state index contributed by atoms with van der Waals surface area (Å²) in [6.07, 6.45) is 3.43. The standard InChI is InChI=1S/C15H15Cl2N3O2/c16-10-1-2-14(13(17)7-10)22-9-15(21)19-11-4-6-20-12(8-11)3-5-18-20/h1-3,5,7,11H,4,6,8-9H2,(H,19,21)/t11-/m1/s1. The molecule has 0 unspecified atom stereocenters. The minimum absolute atomic E-state index is 0.0723. The number of hydrogen-bond acceptors (Lipinski definition) is 3. The molecule has 7 heteroatoms. The summed E-state index contributed by atoms with van der Waals surface area (Å²) in [7, 11) is 0. The Morgan fingerprint density at radius 2 is 2.27 bits per heavy atom. The van der Waals surface area contributed by atoms with Crippen LogP contribution in [0.4, 0.5) is 0 Å². The second-order valence-electron chi connectivity index (χ2n) is 5.17. The molecule has 22 heavy (non-hydrogen) atoms. The third kappa shape index (κ3) is 3.54. The van der Waals surface area contributed by atoms with Crippen LogP contribution in [0.5, 0.6) is 5.75 Å². The Hall–Kier alpha value is -1.72. The van der Waals surface area contributed by atoms with Gasteiger partial charge in [0, 0.05) is 35.9 Å². The number of fused-ring (bicyclic) bond motifs is 1. The van der Waals surface area contributed by atoms with Crippen molar-refractivity contribution in [2.75, 3.05) is 6.61 Å². The molecule has 0 fully saturated rings. The van der Waals surface area contributed by atoms with Crippen LogP contribution in [0.2, 0.25) is 10.0 Å². The van der Waals surface area contributed by atoms with Crippen LogP contribution >= 0.6 is 23.2 Å². The number of carbonyl (C=O) groups excluding carboxylic acids is 1. The maximum absolute atomic E-state index is 12.0. The first-order chi connectivity index (χ1) is 10.6. The van der Waals surface area contributed by atoms with E-state index in [4.69, 9.17) is 27.9 Å². The first kappa shape index (κ1) is 15.2. The number of nitrogens with one attached hydrogen (secondary N) is 1. The van der Waals surface area contributed by atoms with Gasteiger partial charge in [0.15, 0.2) is 6.61 Å². The molecule has 2 aromatic rings. The summed E-state index contributed by atoms with van der Waals surface area (Å²) in [6, 6.07) is 6.99. The predicted octanol–water partition coefficient (Wildman–Crippen LogP) is 2.70. The molecule has 1 aliphatic heterocycles. The Bertz CT molecular complexity index is 687. The number of ether oxygens (including phenoxy) is 1. The maximum Gasteiger partial charge on any atom is 0.258 e. The Kier molecular flexibility index (Phi) is 4.55. The van der Waals surface area contributed by atoms with E-state index in [1.165, 1.54) is 0 Å². The monoisotopic (exact) mass is 339 g/mol. The van der Waals surface area contributed by atoms with Crippen molar-refractivity contribution >= 4 is 29.1 Å². The Morgan fingerprint density at radius 3 is 3.09 bits per heavy atom. The second kappa shape index (κ2) is 6.58. The van der Waals surface area contributed by atoms with Crippen molar-refractivity contribution in [3.63, 3.8) is 0 Å². The van der Waals surface area contributed by atoms with Crippen LogP contribution in [0.1, 0.15) is 12.1 Å². The van der Waals surface area contributed by atoms with Crippen LogP contribution in [0.15, 0.2) is 30.5 Å². The average Bonchev–Trinajstić information content (AvgIpc) is 2.94. The molecule has 1 N–H and O–H groups in total. The molecule has 0 radical (unpaired) electrons. The highest BCUT2D eigenvalue weighted by atomic mass is 35.5. The molecule has 0 aliphatic carbocycles. The predicted molar refractivity (Wildman–Crippen MR) is 84.4 cm³/mol. The van der Waals surface area contributed by atoms with Crippen molar-refractivity contribution in [1.29, 1.82) is 0 Å². The largest absolute Gasteiger partial charge is 0.482 e. The van der Waals surface area contributed by atoms with Crippen LogP contribution in [-0.2, 0) is 17.8 Å². The molecule has 1 atom stereocenters.